The number of aromatic nitrogens is 1. The van der Waals surface area contributed by atoms with E-state index < -0.39 is 0 Å². The maximum atomic E-state index is 12.4. The summed E-state index contributed by atoms with van der Waals surface area (Å²) in [5.74, 6) is 5.87. The van der Waals surface area contributed by atoms with Gasteiger partial charge in [0.15, 0.2) is 0 Å². The lowest BCUT2D eigenvalue weighted by Crippen LogP contribution is -2.13. The Balaban J connectivity index is 1.86. The van der Waals surface area contributed by atoms with Crippen LogP contribution in [0.4, 0.5) is 5.69 Å². The molecule has 0 saturated heterocycles. The van der Waals surface area contributed by atoms with Crippen molar-refractivity contribution in [3.8, 4) is 11.8 Å². The number of pyridine rings is 1. The first-order chi connectivity index (χ1) is 11.3. The van der Waals surface area contributed by atoms with E-state index in [1.54, 1.807) is 18.5 Å². The van der Waals surface area contributed by atoms with E-state index in [1.165, 1.54) is 0 Å². The van der Waals surface area contributed by atoms with Crippen LogP contribution in [0.1, 0.15) is 21.5 Å². The summed E-state index contributed by atoms with van der Waals surface area (Å²) >= 11 is 0. The van der Waals surface area contributed by atoms with Gasteiger partial charge in [-0.1, -0.05) is 48.2 Å². The molecule has 0 fully saturated rings. The predicted molar refractivity (Wildman–Crippen MR) is 91.1 cm³/mol. The lowest BCUT2D eigenvalue weighted by Gasteiger charge is -2.06. The second-order valence-electron chi connectivity index (χ2n) is 4.86. The quantitative estimate of drug-likeness (QED) is 0.732. The normalized spacial score (nSPS) is 9.57. The van der Waals surface area contributed by atoms with Crippen LogP contribution in [0.5, 0.6) is 0 Å². The van der Waals surface area contributed by atoms with E-state index in [0.717, 1.165) is 11.3 Å². The number of nitrogens with zero attached hydrogens (tertiary/aromatic N) is 1. The van der Waals surface area contributed by atoms with Crippen molar-refractivity contribution < 1.29 is 4.79 Å². The molecule has 0 aliphatic carbocycles. The molecule has 1 N–H and O–H groups in total. The molecule has 0 unspecified atom stereocenters. The molecule has 3 heteroatoms. The van der Waals surface area contributed by atoms with Crippen molar-refractivity contribution >= 4 is 11.6 Å². The summed E-state index contributed by atoms with van der Waals surface area (Å²) in [5.41, 5.74) is 2.75. The largest absolute Gasteiger partial charge is 0.322 e. The zero-order valence-electron chi connectivity index (χ0n) is 12.4. The molecular weight excluding hydrogens is 284 g/mol. The van der Waals surface area contributed by atoms with Gasteiger partial charge in [0.1, 0.15) is 0 Å². The smallest absolute Gasteiger partial charge is 0.257 e. The molecule has 2 aromatic carbocycles. The highest BCUT2D eigenvalue weighted by atomic mass is 16.1. The molecule has 1 amide bonds. The number of hydrogen-bond acceptors (Lipinski definition) is 2. The van der Waals surface area contributed by atoms with E-state index >= 15 is 0 Å². The van der Waals surface area contributed by atoms with Crippen molar-refractivity contribution in [3.63, 3.8) is 0 Å². The number of benzene rings is 2. The Hall–Kier alpha value is -3.38. The second-order valence-corrected chi connectivity index (χ2v) is 4.86. The maximum absolute atomic E-state index is 12.4. The van der Waals surface area contributed by atoms with Crippen LogP contribution >= 0.6 is 0 Å². The van der Waals surface area contributed by atoms with Crippen LogP contribution in [0.25, 0.3) is 0 Å². The average molecular weight is 298 g/mol. The summed E-state index contributed by atoms with van der Waals surface area (Å²) in [6.07, 6.45) is 3.20. The van der Waals surface area contributed by atoms with Gasteiger partial charge in [0.25, 0.3) is 5.91 Å². The van der Waals surface area contributed by atoms with Crippen LogP contribution < -0.4 is 5.32 Å². The summed E-state index contributed by atoms with van der Waals surface area (Å²) < 4.78 is 0. The highest BCUT2D eigenvalue weighted by Gasteiger charge is 2.10. The summed E-state index contributed by atoms with van der Waals surface area (Å²) in [4.78, 5) is 16.5. The Kier molecular flexibility index (Phi) is 4.47. The fourth-order valence-corrected chi connectivity index (χ4v) is 2.07. The fraction of sp³-hybridized carbons (Fsp3) is 0. The van der Waals surface area contributed by atoms with Gasteiger partial charge in [-0.15, -0.1) is 0 Å². The van der Waals surface area contributed by atoms with Crippen LogP contribution in [0.15, 0.2) is 79.1 Å². The molecule has 3 nitrogen and oxygen atoms in total. The molecule has 1 heterocycles. The maximum Gasteiger partial charge on any atom is 0.257 e. The minimum atomic E-state index is -0.198. The van der Waals surface area contributed by atoms with Crippen LogP contribution in [-0.2, 0) is 0 Å². The Morgan fingerprint density at radius 3 is 2.30 bits per heavy atom. The first-order valence-corrected chi connectivity index (χ1v) is 7.20. The molecule has 0 atom stereocenters. The van der Waals surface area contributed by atoms with E-state index in [1.807, 2.05) is 60.7 Å². The van der Waals surface area contributed by atoms with Crippen molar-refractivity contribution in [3.05, 3.63) is 95.8 Å². The van der Waals surface area contributed by atoms with Gasteiger partial charge in [-0.3, -0.25) is 9.78 Å². The number of amides is 1. The molecule has 0 radical (unpaired) electrons. The molecule has 0 aliphatic heterocycles. The Morgan fingerprint density at radius 1 is 0.870 bits per heavy atom. The van der Waals surface area contributed by atoms with Gasteiger partial charge in [-0.2, -0.15) is 0 Å². The van der Waals surface area contributed by atoms with Crippen molar-refractivity contribution in [2.24, 2.45) is 0 Å². The van der Waals surface area contributed by atoms with Crippen molar-refractivity contribution in [2.45, 2.75) is 0 Å². The first kappa shape index (κ1) is 14.6. The van der Waals surface area contributed by atoms with Crippen LogP contribution in [-0.4, -0.2) is 10.9 Å². The highest BCUT2D eigenvalue weighted by molar-refractivity contribution is 6.05. The number of para-hydroxylation sites is 1. The lowest BCUT2D eigenvalue weighted by atomic mass is 10.1. The molecule has 3 aromatic rings. The van der Waals surface area contributed by atoms with Crippen molar-refractivity contribution in [1.29, 1.82) is 0 Å². The summed E-state index contributed by atoms with van der Waals surface area (Å²) in [5, 5.41) is 2.86. The molecule has 0 spiro atoms. The zero-order valence-corrected chi connectivity index (χ0v) is 12.4. The minimum Gasteiger partial charge on any atom is -0.322 e. The Morgan fingerprint density at radius 2 is 1.57 bits per heavy atom. The van der Waals surface area contributed by atoms with E-state index in [4.69, 9.17) is 0 Å². The molecule has 1 aromatic heterocycles. The zero-order chi connectivity index (χ0) is 15.9. The fourth-order valence-electron chi connectivity index (χ4n) is 2.07. The molecular formula is C20H14N2O. The molecule has 3 rings (SSSR count). The number of carbonyl (C=O) groups is 1. The standard InChI is InChI=1S/C20H14N2O/c23-20(22-18-9-5-2-6-10-18)19-13-14-21-15-17(19)12-11-16-7-3-1-4-8-16/h1-10,13-15H,(H,22,23). The molecule has 0 saturated carbocycles. The number of carbonyl (C=O) groups excluding carboxylic acids is 1. The first-order valence-electron chi connectivity index (χ1n) is 7.20. The summed E-state index contributed by atoms with van der Waals surface area (Å²) in [6.45, 7) is 0. The third-order valence-corrected chi connectivity index (χ3v) is 3.21. The van der Waals surface area contributed by atoms with Gasteiger partial charge >= 0.3 is 0 Å². The molecule has 110 valence electrons. The SMILES string of the molecule is O=C(Nc1ccccc1)c1ccncc1C#Cc1ccccc1. The van der Waals surface area contributed by atoms with Crippen LogP contribution in [0, 0.1) is 11.8 Å². The number of nitrogens with one attached hydrogen (secondary N) is 1. The minimum absolute atomic E-state index is 0.198. The average Bonchev–Trinajstić information content (AvgIpc) is 2.62. The predicted octanol–water partition coefficient (Wildman–Crippen LogP) is 3.73. The summed E-state index contributed by atoms with van der Waals surface area (Å²) in [7, 11) is 0. The highest BCUT2D eigenvalue weighted by Crippen LogP contribution is 2.11. The van der Waals surface area contributed by atoms with Crippen LogP contribution in [0.2, 0.25) is 0 Å². The van der Waals surface area contributed by atoms with Gasteiger partial charge < -0.3 is 5.32 Å². The lowest BCUT2D eigenvalue weighted by molar-refractivity contribution is 0.102. The van der Waals surface area contributed by atoms with Gasteiger partial charge in [0.2, 0.25) is 0 Å². The third kappa shape index (κ3) is 3.84. The molecule has 23 heavy (non-hydrogen) atoms. The van der Waals surface area contributed by atoms with E-state index in [0.29, 0.717) is 11.1 Å². The monoisotopic (exact) mass is 298 g/mol. The van der Waals surface area contributed by atoms with Crippen molar-refractivity contribution in [2.75, 3.05) is 5.32 Å². The number of rotatable bonds is 2. The van der Waals surface area contributed by atoms with E-state index in [9.17, 15) is 4.79 Å². The Labute approximate surface area is 135 Å². The topological polar surface area (TPSA) is 42.0 Å². The summed E-state index contributed by atoms with van der Waals surface area (Å²) in [6, 6.07) is 20.6. The van der Waals surface area contributed by atoms with Gasteiger partial charge in [-0.25, -0.2) is 0 Å². The number of hydrogen-bond donors (Lipinski definition) is 1. The van der Waals surface area contributed by atoms with Crippen LogP contribution in [0.3, 0.4) is 0 Å². The third-order valence-electron chi connectivity index (χ3n) is 3.21. The van der Waals surface area contributed by atoms with E-state index in [-0.39, 0.29) is 5.91 Å². The van der Waals surface area contributed by atoms with Crippen molar-refractivity contribution in [1.82, 2.24) is 4.98 Å². The van der Waals surface area contributed by atoms with Gasteiger partial charge in [0.05, 0.1) is 11.1 Å². The van der Waals surface area contributed by atoms with Gasteiger partial charge in [0, 0.05) is 23.6 Å². The molecule has 0 aliphatic rings. The molecule has 0 bridgehead atoms. The van der Waals surface area contributed by atoms with E-state index in [2.05, 4.69) is 22.1 Å². The van der Waals surface area contributed by atoms with Gasteiger partial charge in [-0.05, 0) is 30.3 Å². The number of anilines is 1. The Bertz CT molecular complexity index is 862. The second kappa shape index (κ2) is 7.06.